The molecule has 1 aliphatic heterocycles. The first kappa shape index (κ1) is 14.7. The van der Waals surface area contributed by atoms with E-state index >= 15 is 0 Å². The molecule has 1 atom stereocenters. The van der Waals surface area contributed by atoms with Crippen molar-refractivity contribution in [3.63, 3.8) is 0 Å². The van der Waals surface area contributed by atoms with Crippen molar-refractivity contribution in [2.45, 2.75) is 23.8 Å². The minimum atomic E-state index is -3.78. The molecule has 1 N–H and O–H groups in total. The number of rotatable bonds is 4. The molecule has 1 fully saturated rings. The van der Waals surface area contributed by atoms with Crippen LogP contribution in [0.1, 0.15) is 34.1 Å². The predicted molar refractivity (Wildman–Crippen MR) is 81.5 cm³/mol. The van der Waals surface area contributed by atoms with E-state index in [1.807, 2.05) is 16.8 Å². The van der Waals surface area contributed by atoms with E-state index in [0.717, 1.165) is 29.7 Å². The van der Waals surface area contributed by atoms with Gasteiger partial charge in [0, 0.05) is 6.54 Å². The fourth-order valence-corrected chi connectivity index (χ4v) is 6.23. The second-order valence-electron chi connectivity index (χ2n) is 4.75. The lowest BCUT2D eigenvalue weighted by molar-refractivity contribution is 0.0698. The van der Waals surface area contributed by atoms with Gasteiger partial charge in [0.05, 0.1) is 6.04 Å². The van der Waals surface area contributed by atoms with Crippen LogP contribution in [0.5, 0.6) is 0 Å². The second-order valence-corrected chi connectivity index (χ2v) is 8.30. The van der Waals surface area contributed by atoms with Crippen LogP contribution in [0.25, 0.3) is 0 Å². The van der Waals surface area contributed by atoms with Gasteiger partial charge in [-0.2, -0.15) is 15.6 Å². The van der Waals surface area contributed by atoms with Gasteiger partial charge in [0.15, 0.2) is 0 Å². The lowest BCUT2D eigenvalue weighted by Crippen LogP contribution is -2.31. The number of sulfonamides is 1. The summed E-state index contributed by atoms with van der Waals surface area (Å²) in [6, 6.07) is 3.12. The highest BCUT2D eigenvalue weighted by molar-refractivity contribution is 7.89. The molecule has 0 saturated carbocycles. The molecule has 0 amide bonds. The largest absolute Gasteiger partial charge is 0.477 e. The molecule has 0 aliphatic carbocycles. The van der Waals surface area contributed by atoms with E-state index in [1.54, 1.807) is 0 Å². The quantitative estimate of drug-likeness (QED) is 0.926. The lowest BCUT2D eigenvalue weighted by atomic mass is 10.1. The van der Waals surface area contributed by atoms with E-state index in [-0.39, 0.29) is 15.8 Å². The zero-order valence-electron chi connectivity index (χ0n) is 10.9. The molecule has 5 nitrogen and oxygen atoms in total. The SMILES string of the molecule is O=C(O)c1sccc1S(=O)(=O)N1CCCC1c1ccsc1. The van der Waals surface area contributed by atoms with Crippen molar-refractivity contribution in [3.05, 3.63) is 38.7 Å². The normalized spacial score (nSPS) is 19.9. The van der Waals surface area contributed by atoms with Crippen molar-refractivity contribution in [2.24, 2.45) is 0 Å². The summed E-state index contributed by atoms with van der Waals surface area (Å²) in [5, 5.41) is 14.5. The van der Waals surface area contributed by atoms with Gasteiger partial charge in [-0.15, -0.1) is 11.3 Å². The van der Waals surface area contributed by atoms with Crippen LogP contribution in [0.3, 0.4) is 0 Å². The molecule has 3 heterocycles. The molecule has 2 aromatic rings. The third-order valence-electron chi connectivity index (χ3n) is 3.54. The lowest BCUT2D eigenvalue weighted by Gasteiger charge is -2.23. The fraction of sp³-hybridized carbons (Fsp3) is 0.308. The van der Waals surface area contributed by atoms with Crippen LogP contribution in [0.15, 0.2) is 33.2 Å². The average Bonchev–Trinajstić information content (AvgIpc) is 3.18. The van der Waals surface area contributed by atoms with Crippen molar-refractivity contribution < 1.29 is 18.3 Å². The zero-order chi connectivity index (χ0) is 15.0. The zero-order valence-corrected chi connectivity index (χ0v) is 13.4. The number of thiophene rings is 2. The molecule has 8 heteroatoms. The maximum absolute atomic E-state index is 12.8. The summed E-state index contributed by atoms with van der Waals surface area (Å²) < 4.78 is 27.0. The molecule has 2 aromatic heterocycles. The summed E-state index contributed by atoms with van der Waals surface area (Å²) in [6.07, 6.45) is 1.55. The molecule has 0 bridgehead atoms. The topological polar surface area (TPSA) is 74.7 Å². The number of aromatic carboxylic acids is 1. The molecule has 1 aliphatic rings. The molecule has 0 spiro atoms. The first-order valence-corrected chi connectivity index (χ1v) is 9.63. The number of carbonyl (C=O) groups is 1. The predicted octanol–water partition coefficient (Wildman–Crippen LogP) is 3.03. The van der Waals surface area contributed by atoms with Crippen LogP contribution < -0.4 is 0 Å². The summed E-state index contributed by atoms with van der Waals surface area (Å²) in [6.45, 7) is 0.428. The minimum absolute atomic E-state index is 0.0953. The average molecular weight is 343 g/mol. The number of carboxylic acids is 1. The minimum Gasteiger partial charge on any atom is -0.477 e. The van der Waals surface area contributed by atoms with E-state index in [0.29, 0.717) is 6.54 Å². The maximum atomic E-state index is 12.8. The van der Waals surface area contributed by atoms with Crippen molar-refractivity contribution in [1.29, 1.82) is 0 Å². The van der Waals surface area contributed by atoms with E-state index in [1.165, 1.54) is 27.1 Å². The van der Waals surface area contributed by atoms with Crippen LogP contribution in [0.2, 0.25) is 0 Å². The van der Waals surface area contributed by atoms with E-state index in [2.05, 4.69) is 0 Å². The Morgan fingerprint density at radius 1 is 1.33 bits per heavy atom. The Morgan fingerprint density at radius 3 is 2.81 bits per heavy atom. The monoisotopic (exact) mass is 343 g/mol. The van der Waals surface area contributed by atoms with E-state index < -0.39 is 16.0 Å². The van der Waals surface area contributed by atoms with Crippen molar-refractivity contribution >= 4 is 38.7 Å². The van der Waals surface area contributed by atoms with Crippen LogP contribution >= 0.6 is 22.7 Å². The summed E-state index contributed by atoms with van der Waals surface area (Å²) in [4.78, 5) is 11.0. The van der Waals surface area contributed by atoms with Crippen molar-refractivity contribution in [2.75, 3.05) is 6.54 Å². The molecule has 1 saturated heterocycles. The molecule has 1 unspecified atom stereocenters. The van der Waals surface area contributed by atoms with Gasteiger partial charge in [0.2, 0.25) is 10.0 Å². The van der Waals surface area contributed by atoms with Gasteiger partial charge in [-0.1, -0.05) is 0 Å². The molecular formula is C13H13NO4S3. The highest BCUT2D eigenvalue weighted by Crippen LogP contribution is 2.38. The van der Waals surface area contributed by atoms with E-state index in [4.69, 9.17) is 5.11 Å². The van der Waals surface area contributed by atoms with Crippen LogP contribution in [-0.2, 0) is 10.0 Å². The van der Waals surface area contributed by atoms with Crippen LogP contribution in [0.4, 0.5) is 0 Å². The Bertz CT molecular complexity index is 748. The molecule has 112 valence electrons. The van der Waals surface area contributed by atoms with Crippen LogP contribution in [0, 0.1) is 0 Å². The number of nitrogens with zero attached hydrogens (tertiary/aromatic N) is 1. The standard InChI is InChI=1S/C13H13NO4S3/c15-13(16)12-11(4-7-20-12)21(17,18)14-5-1-2-10(14)9-3-6-19-8-9/h3-4,6-8,10H,1-2,5H2,(H,15,16). The Morgan fingerprint density at radius 2 is 2.14 bits per heavy atom. The van der Waals surface area contributed by atoms with Gasteiger partial charge in [0.1, 0.15) is 9.77 Å². The second kappa shape index (κ2) is 5.53. The molecular weight excluding hydrogens is 330 g/mol. The number of hydrogen-bond acceptors (Lipinski definition) is 5. The first-order valence-electron chi connectivity index (χ1n) is 6.36. The maximum Gasteiger partial charge on any atom is 0.347 e. The number of hydrogen-bond donors (Lipinski definition) is 1. The van der Waals surface area contributed by atoms with Gasteiger partial charge in [-0.25, -0.2) is 13.2 Å². The molecule has 0 radical (unpaired) electrons. The Balaban J connectivity index is 2.01. The fourth-order valence-electron chi connectivity index (χ4n) is 2.61. The smallest absolute Gasteiger partial charge is 0.347 e. The highest BCUT2D eigenvalue weighted by Gasteiger charge is 2.38. The number of carboxylic acid groups (broad SMARTS) is 1. The summed E-state index contributed by atoms with van der Waals surface area (Å²) in [7, 11) is -3.78. The molecule has 3 rings (SSSR count). The Labute approximate surface area is 130 Å². The van der Waals surface area contributed by atoms with Crippen molar-refractivity contribution in [1.82, 2.24) is 4.31 Å². The summed E-state index contributed by atoms with van der Waals surface area (Å²) in [5.74, 6) is -1.20. The van der Waals surface area contributed by atoms with Gasteiger partial charge in [-0.3, -0.25) is 0 Å². The van der Waals surface area contributed by atoms with E-state index in [9.17, 15) is 13.2 Å². The molecule has 0 aromatic carbocycles. The van der Waals surface area contributed by atoms with Gasteiger partial charge in [-0.05, 0) is 46.7 Å². The van der Waals surface area contributed by atoms with Gasteiger partial charge in [0.25, 0.3) is 0 Å². The van der Waals surface area contributed by atoms with Gasteiger partial charge < -0.3 is 5.11 Å². The Kier molecular flexibility index (Phi) is 3.87. The first-order chi connectivity index (χ1) is 10.0. The third kappa shape index (κ3) is 2.52. The summed E-state index contributed by atoms with van der Waals surface area (Å²) >= 11 is 2.47. The van der Waals surface area contributed by atoms with Crippen molar-refractivity contribution in [3.8, 4) is 0 Å². The van der Waals surface area contributed by atoms with Gasteiger partial charge >= 0.3 is 5.97 Å². The summed E-state index contributed by atoms with van der Waals surface area (Å²) in [5.41, 5.74) is 0.980. The molecule has 21 heavy (non-hydrogen) atoms. The van der Waals surface area contributed by atoms with Crippen LogP contribution in [-0.4, -0.2) is 30.3 Å². The third-order valence-corrected chi connectivity index (χ3v) is 7.23. The Hall–Kier alpha value is -1.22. The highest BCUT2D eigenvalue weighted by atomic mass is 32.2.